The van der Waals surface area contributed by atoms with Crippen LogP contribution in [0.25, 0.3) is 0 Å². The Hall–Kier alpha value is 0.520. The van der Waals surface area contributed by atoms with E-state index in [4.69, 9.17) is 0 Å². The third-order valence-electron chi connectivity index (χ3n) is 0.396. The molecule has 0 amide bonds. The van der Waals surface area contributed by atoms with Crippen molar-refractivity contribution in [3.05, 3.63) is 0 Å². The van der Waals surface area contributed by atoms with Gasteiger partial charge in [-0.3, -0.25) is 0 Å². The van der Waals surface area contributed by atoms with Crippen LogP contribution in [0.2, 0.25) is 0 Å². The lowest BCUT2D eigenvalue weighted by molar-refractivity contribution is -1.91. The van der Waals surface area contributed by atoms with E-state index < -0.39 is 18.6 Å². The average Bonchev–Trinajstić information content (AvgIpc) is 2.12. The van der Waals surface area contributed by atoms with Crippen molar-refractivity contribution in [1.82, 2.24) is 0 Å². The van der Waals surface area contributed by atoms with Crippen LogP contribution in [0.15, 0.2) is 0 Å². The van der Waals surface area contributed by atoms with Crippen LogP contribution in [-0.2, 0) is 8.60 Å². The molecule has 0 aliphatic carbocycles. The van der Waals surface area contributed by atoms with Crippen LogP contribution in [0.4, 0.5) is 0 Å². The lowest BCUT2D eigenvalue weighted by Crippen LogP contribution is -2.59. The van der Waals surface area contributed by atoms with E-state index >= 15 is 0 Å². The van der Waals surface area contributed by atoms with E-state index in [0.29, 0.717) is 0 Å². The molecule has 1 aliphatic rings. The zero-order valence-corrected chi connectivity index (χ0v) is 5.22. The molecule has 1 rings (SSSR count). The second-order valence-corrected chi connectivity index (χ2v) is 3.53. The minimum Gasteiger partial charge on any atom is -0.311 e. The fraction of sp³-hybridized carbons (Fsp3) is 1.00. The van der Waals surface area contributed by atoms with E-state index in [9.17, 15) is 14.0 Å². The van der Waals surface area contributed by atoms with E-state index in [-0.39, 0.29) is 6.35 Å². The van der Waals surface area contributed by atoms with Crippen molar-refractivity contribution in [2.75, 3.05) is 6.35 Å². The molecule has 7 heteroatoms. The lowest BCUT2D eigenvalue weighted by atomic mass is 11.7. The monoisotopic (exact) mass is 160 g/mol. The van der Waals surface area contributed by atoms with Gasteiger partial charge in [0.15, 0.2) is 0 Å². The largest absolute Gasteiger partial charge is 0.384 e. The first-order valence-electron chi connectivity index (χ1n) is 1.59. The maximum absolute atomic E-state index is 9.61. The smallest absolute Gasteiger partial charge is 0.311 e. The first kappa shape index (κ1) is 6.64. The van der Waals surface area contributed by atoms with Gasteiger partial charge in [-0.2, -0.15) is 14.0 Å². The predicted octanol–water partition coefficient (Wildman–Crippen LogP) is -2.80. The van der Waals surface area contributed by atoms with Gasteiger partial charge in [0.1, 0.15) is 10.4 Å². The van der Waals surface area contributed by atoms with Crippen LogP contribution in [0, 0.1) is 10.2 Å². The summed E-state index contributed by atoms with van der Waals surface area (Å²) in [5.74, 6) is 0. The van der Waals surface area contributed by atoms with Crippen molar-refractivity contribution in [1.29, 1.82) is 0 Å². The molecule has 48 valence electrons. The van der Waals surface area contributed by atoms with Gasteiger partial charge >= 0.3 is 8.38 Å². The Morgan fingerprint density at radius 1 is 1.50 bits per heavy atom. The molecular formula is CH2ClO5P. The molecule has 1 heterocycles. The highest BCUT2D eigenvalue weighted by Gasteiger charge is 2.42. The lowest BCUT2D eigenvalue weighted by Gasteiger charge is -2.09. The van der Waals surface area contributed by atoms with Crippen LogP contribution in [0.3, 0.4) is 0 Å². The first-order chi connectivity index (χ1) is 3.58. The molecule has 0 radical (unpaired) electrons. The quantitative estimate of drug-likeness (QED) is 0.321. The topological polar surface area (TPSA) is 90.9 Å². The van der Waals surface area contributed by atoms with Gasteiger partial charge in [0.05, 0.1) is 10.2 Å². The number of hydrogen-bond donors (Lipinski definition) is 0. The van der Waals surface area contributed by atoms with Crippen molar-refractivity contribution in [2.24, 2.45) is 0 Å². The second-order valence-electron chi connectivity index (χ2n) is 1.04. The molecule has 1 atom stereocenters. The predicted molar refractivity (Wildman–Crippen MR) is 14.0 cm³/mol. The van der Waals surface area contributed by atoms with Crippen LogP contribution >= 0.6 is 8.38 Å². The minimum absolute atomic E-state index is 0.254. The van der Waals surface area contributed by atoms with Gasteiger partial charge in [-0.15, -0.1) is 0 Å². The standard InChI is InChI=1S/CH2ClO5P/c3-2(4,5)7-8-1-6-8/h1H2. The number of halogens is 1. The summed E-state index contributed by atoms with van der Waals surface area (Å²) < 4.78 is 37.0. The first-order valence-corrected chi connectivity index (χ1v) is 4.18. The summed E-state index contributed by atoms with van der Waals surface area (Å²) in [5.41, 5.74) is 0. The van der Waals surface area contributed by atoms with Crippen molar-refractivity contribution in [3.63, 3.8) is 0 Å². The molecule has 0 aromatic carbocycles. The highest BCUT2D eigenvalue weighted by molar-refractivity contribution is 7.52. The summed E-state index contributed by atoms with van der Waals surface area (Å²) in [6.07, 6.45) is 0.254. The van der Waals surface area contributed by atoms with E-state index in [1.54, 1.807) is 0 Å². The van der Waals surface area contributed by atoms with Gasteiger partial charge in [0, 0.05) is 0 Å². The van der Waals surface area contributed by atoms with Crippen molar-refractivity contribution in [3.8, 4) is 0 Å². The van der Waals surface area contributed by atoms with Gasteiger partial charge in [0.2, 0.25) is 0 Å². The Bertz CT molecular complexity index is 84.9. The third kappa shape index (κ3) is 2.74. The van der Waals surface area contributed by atoms with E-state index in [0.717, 1.165) is 0 Å². The third-order valence-corrected chi connectivity index (χ3v) is 2.16. The summed E-state index contributed by atoms with van der Waals surface area (Å²) in [7, 11) is -5.61. The molecule has 0 aromatic heterocycles. The van der Waals surface area contributed by atoms with Gasteiger partial charge in [-0.1, -0.05) is 0 Å². The molecule has 0 spiro atoms. The Balaban J connectivity index is 2.16. The molecule has 8 heavy (non-hydrogen) atoms. The summed E-state index contributed by atoms with van der Waals surface area (Å²) in [5, 5.41) is 0. The second kappa shape index (κ2) is 2.04. The molecule has 1 unspecified atom stereocenters. The maximum atomic E-state index is 9.61. The van der Waals surface area contributed by atoms with Crippen molar-refractivity contribution < 1.29 is 32.8 Å². The maximum Gasteiger partial charge on any atom is 0.384 e. The molecule has 0 saturated carbocycles. The summed E-state index contributed by atoms with van der Waals surface area (Å²) >= 11 is 0. The normalized spacial score (nSPS) is 28.1. The molecule has 1 aliphatic heterocycles. The van der Waals surface area contributed by atoms with Gasteiger partial charge < -0.3 is 4.52 Å². The highest BCUT2D eigenvalue weighted by Crippen LogP contribution is 2.55. The minimum atomic E-state index is -4.26. The summed E-state index contributed by atoms with van der Waals surface area (Å²) in [6, 6.07) is 0. The van der Waals surface area contributed by atoms with E-state index in [2.05, 4.69) is 8.60 Å². The highest BCUT2D eigenvalue weighted by atomic mass is 35.7. The fourth-order valence-electron chi connectivity index (χ4n) is 0.158. The number of rotatable bonds is 2. The van der Waals surface area contributed by atoms with Crippen LogP contribution in [-0.4, -0.2) is 6.35 Å². The molecule has 0 aromatic rings. The van der Waals surface area contributed by atoms with Gasteiger partial charge in [-0.05, 0) is 0 Å². The zero-order valence-electron chi connectivity index (χ0n) is 3.57. The average molecular weight is 160 g/mol. The molecule has 1 saturated heterocycles. The zero-order chi connectivity index (χ0) is 6.20. The van der Waals surface area contributed by atoms with Crippen molar-refractivity contribution >= 4 is 8.38 Å². The Kier molecular flexibility index (Phi) is 1.69. The van der Waals surface area contributed by atoms with Crippen LogP contribution in [0.5, 0.6) is 0 Å². The van der Waals surface area contributed by atoms with Crippen molar-refractivity contribution in [2.45, 2.75) is 0 Å². The van der Waals surface area contributed by atoms with E-state index in [1.165, 1.54) is 0 Å². The van der Waals surface area contributed by atoms with Gasteiger partial charge in [0.25, 0.3) is 0 Å². The molecule has 0 N–H and O–H groups in total. The fourth-order valence-corrected chi connectivity index (χ4v) is 1.42. The Morgan fingerprint density at radius 2 is 2.00 bits per heavy atom. The Labute approximate surface area is 48.5 Å². The molecular weight excluding hydrogens is 158 g/mol. The summed E-state index contributed by atoms with van der Waals surface area (Å²) in [6.45, 7) is 0. The van der Waals surface area contributed by atoms with E-state index in [1.807, 2.05) is 0 Å². The molecule has 0 bridgehead atoms. The Morgan fingerprint density at radius 3 is 2.12 bits per heavy atom. The van der Waals surface area contributed by atoms with Gasteiger partial charge in [-0.25, -0.2) is 0 Å². The summed E-state index contributed by atoms with van der Waals surface area (Å²) in [4.78, 5) is 0. The van der Waals surface area contributed by atoms with Crippen LogP contribution in [0.1, 0.15) is 0 Å². The molecule has 5 nitrogen and oxygen atoms in total. The van der Waals surface area contributed by atoms with Crippen LogP contribution < -0.4 is 14.0 Å². The SMILES string of the molecule is [O-][Cl+3]([O-])([O-])OP1CO1. The number of hydrogen-bond acceptors (Lipinski definition) is 5. The molecule has 1 fully saturated rings.